The van der Waals surface area contributed by atoms with Gasteiger partial charge in [-0.1, -0.05) is 53.3 Å². The zero-order valence-electron chi connectivity index (χ0n) is 16.5. The maximum atomic E-state index is 14.1. The van der Waals surface area contributed by atoms with E-state index in [-0.39, 0.29) is 32.1 Å². The first-order chi connectivity index (χ1) is 15.5. The van der Waals surface area contributed by atoms with Crippen molar-refractivity contribution in [3.63, 3.8) is 0 Å². The first-order valence-electron chi connectivity index (χ1n) is 9.35. The molecule has 4 nitrogen and oxygen atoms in total. The first kappa shape index (κ1) is 23.8. The molecule has 0 spiro atoms. The maximum Gasteiger partial charge on any atom is 0.349 e. The van der Waals surface area contributed by atoms with Crippen molar-refractivity contribution in [2.45, 2.75) is 31.6 Å². The first-order valence-corrected chi connectivity index (χ1v) is 10.5. The summed E-state index contributed by atoms with van der Waals surface area (Å²) in [6.45, 7) is 1.75. The number of rotatable bonds is 4. The number of hydrogen-bond donors (Lipinski definition) is 0. The summed E-state index contributed by atoms with van der Waals surface area (Å²) in [5.74, 6) is -14.8. The second kappa shape index (κ2) is 8.45. The fraction of sp³-hybridized carbons (Fsp3) is 0.238. The molecular weight excluding hydrogens is 516 g/mol. The molecule has 1 fully saturated rings. The SMILES string of the molecule is CC1(c2onc(-c3c(Cl)cc(Cl)cc3Cl)c2C(=O)Oc2c(F)c(F)c(F)c(F)c2F)CCC1. The van der Waals surface area contributed by atoms with Gasteiger partial charge in [-0.2, -0.15) is 8.78 Å². The Labute approximate surface area is 198 Å². The van der Waals surface area contributed by atoms with Crippen LogP contribution in [0.15, 0.2) is 16.7 Å². The lowest BCUT2D eigenvalue weighted by Crippen LogP contribution is -2.32. The van der Waals surface area contributed by atoms with Gasteiger partial charge in [0.05, 0.1) is 10.0 Å². The molecule has 1 saturated carbocycles. The zero-order chi connectivity index (χ0) is 24.2. The maximum absolute atomic E-state index is 14.1. The summed E-state index contributed by atoms with van der Waals surface area (Å²) in [6, 6.07) is 2.62. The van der Waals surface area contributed by atoms with Gasteiger partial charge in [-0.05, 0) is 25.0 Å². The number of hydrogen-bond acceptors (Lipinski definition) is 4. The second-order valence-electron chi connectivity index (χ2n) is 7.68. The quantitative estimate of drug-likeness (QED) is 0.115. The Bertz CT molecular complexity index is 1250. The van der Waals surface area contributed by atoms with Crippen LogP contribution in [0.25, 0.3) is 11.3 Å². The lowest BCUT2D eigenvalue weighted by molar-refractivity contribution is 0.0707. The van der Waals surface area contributed by atoms with Crippen LogP contribution < -0.4 is 4.74 Å². The average molecular weight is 527 g/mol. The van der Waals surface area contributed by atoms with Gasteiger partial charge in [-0.25, -0.2) is 18.0 Å². The Balaban J connectivity index is 1.89. The summed E-state index contributed by atoms with van der Waals surface area (Å²) in [4.78, 5) is 13.1. The highest BCUT2D eigenvalue weighted by Crippen LogP contribution is 2.48. The van der Waals surface area contributed by atoms with Crippen LogP contribution in [0.3, 0.4) is 0 Å². The van der Waals surface area contributed by atoms with Gasteiger partial charge < -0.3 is 9.26 Å². The Morgan fingerprint density at radius 3 is 1.97 bits per heavy atom. The summed E-state index contributed by atoms with van der Waals surface area (Å²) < 4.78 is 78.8. The molecule has 1 aliphatic carbocycles. The molecule has 0 amide bonds. The molecule has 0 atom stereocenters. The van der Waals surface area contributed by atoms with Crippen LogP contribution in [0.4, 0.5) is 22.0 Å². The van der Waals surface area contributed by atoms with Crippen molar-refractivity contribution >= 4 is 40.8 Å². The molecule has 33 heavy (non-hydrogen) atoms. The third-order valence-corrected chi connectivity index (χ3v) is 6.32. The van der Waals surface area contributed by atoms with Gasteiger partial charge in [-0.3, -0.25) is 0 Å². The number of ether oxygens (including phenoxy) is 1. The molecule has 2 aromatic carbocycles. The zero-order valence-corrected chi connectivity index (χ0v) is 18.7. The largest absolute Gasteiger partial charge is 0.416 e. The van der Waals surface area contributed by atoms with Crippen LogP contribution in [-0.4, -0.2) is 11.1 Å². The van der Waals surface area contributed by atoms with E-state index in [2.05, 4.69) is 9.89 Å². The van der Waals surface area contributed by atoms with Gasteiger partial charge in [0, 0.05) is 16.0 Å². The minimum absolute atomic E-state index is 0.000273. The lowest BCUT2D eigenvalue weighted by Gasteiger charge is -2.36. The normalized spacial score (nSPS) is 14.8. The molecular formula is C21H11Cl3F5NO3. The molecule has 1 aromatic heterocycles. The molecule has 4 rings (SSSR count). The molecule has 0 saturated heterocycles. The molecule has 3 aromatic rings. The number of carbonyl (C=O) groups excluding carboxylic acids is 1. The fourth-order valence-corrected chi connectivity index (χ4v) is 4.58. The number of nitrogens with zero attached hydrogens (tertiary/aromatic N) is 1. The predicted molar refractivity (Wildman–Crippen MR) is 109 cm³/mol. The van der Waals surface area contributed by atoms with Gasteiger partial charge in [0.15, 0.2) is 5.76 Å². The summed E-state index contributed by atoms with van der Waals surface area (Å²) >= 11 is 18.4. The summed E-state index contributed by atoms with van der Waals surface area (Å²) in [5, 5.41) is 3.97. The van der Waals surface area contributed by atoms with Crippen LogP contribution >= 0.6 is 34.8 Å². The van der Waals surface area contributed by atoms with Gasteiger partial charge in [0.2, 0.25) is 34.8 Å². The Kier molecular flexibility index (Phi) is 6.09. The highest BCUT2D eigenvalue weighted by atomic mass is 35.5. The highest BCUT2D eigenvalue weighted by Gasteiger charge is 2.44. The van der Waals surface area contributed by atoms with E-state index < -0.39 is 51.8 Å². The van der Waals surface area contributed by atoms with Crippen LogP contribution in [0.5, 0.6) is 5.75 Å². The summed E-state index contributed by atoms with van der Waals surface area (Å²) in [5.41, 5.74) is -1.34. The van der Waals surface area contributed by atoms with E-state index in [0.717, 1.165) is 6.42 Å². The number of benzene rings is 2. The van der Waals surface area contributed by atoms with E-state index in [1.807, 2.05) is 0 Å². The number of carbonyl (C=O) groups is 1. The van der Waals surface area contributed by atoms with Crippen LogP contribution in [0.1, 0.15) is 42.3 Å². The van der Waals surface area contributed by atoms with Crippen molar-refractivity contribution < 1.29 is 36.0 Å². The van der Waals surface area contributed by atoms with Crippen molar-refractivity contribution in [1.82, 2.24) is 5.16 Å². The van der Waals surface area contributed by atoms with Crippen LogP contribution in [0, 0.1) is 29.1 Å². The monoisotopic (exact) mass is 525 g/mol. The Morgan fingerprint density at radius 1 is 0.970 bits per heavy atom. The number of aromatic nitrogens is 1. The highest BCUT2D eigenvalue weighted by molar-refractivity contribution is 6.42. The van der Waals surface area contributed by atoms with Gasteiger partial charge in [-0.15, -0.1) is 0 Å². The van der Waals surface area contributed by atoms with Crippen molar-refractivity contribution in [1.29, 1.82) is 0 Å². The topological polar surface area (TPSA) is 52.3 Å². The van der Waals surface area contributed by atoms with Crippen molar-refractivity contribution in [2.24, 2.45) is 0 Å². The van der Waals surface area contributed by atoms with E-state index >= 15 is 0 Å². The minimum Gasteiger partial charge on any atom is -0.416 e. The molecule has 174 valence electrons. The van der Waals surface area contributed by atoms with Crippen LogP contribution in [0.2, 0.25) is 15.1 Å². The standard InChI is InChI=1S/C21H11Cl3F5NO3/c1-21(3-2-4-21)19-11(17(30-33-19)10-8(23)5-7(22)6-9(10)24)20(31)32-18-15(28)13(26)12(25)14(27)16(18)29/h5-6H,2-4H2,1H3. The molecule has 1 aliphatic rings. The smallest absolute Gasteiger partial charge is 0.349 e. The van der Waals surface area contributed by atoms with E-state index in [9.17, 15) is 26.7 Å². The third kappa shape index (κ3) is 3.86. The van der Waals surface area contributed by atoms with Gasteiger partial charge in [0.1, 0.15) is 11.3 Å². The molecule has 0 bridgehead atoms. The molecule has 12 heteroatoms. The Hall–Kier alpha value is -2.36. The van der Waals surface area contributed by atoms with E-state index in [1.54, 1.807) is 6.92 Å². The van der Waals surface area contributed by atoms with Crippen molar-refractivity contribution in [2.75, 3.05) is 0 Å². The number of halogens is 8. The van der Waals surface area contributed by atoms with E-state index in [1.165, 1.54) is 12.1 Å². The molecule has 0 N–H and O–H groups in total. The van der Waals surface area contributed by atoms with Gasteiger partial charge in [0.25, 0.3) is 0 Å². The molecule has 0 radical (unpaired) electrons. The van der Waals surface area contributed by atoms with E-state index in [4.69, 9.17) is 39.3 Å². The summed E-state index contributed by atoms with van der Waals surface area (Å²) in [6.07, 6.45) is 1.94. The predicted octanol–water partition coefficient (Wildman–Crippen LogP) is 7.66. The van der Waals surface area contributed by atoms with Crippen LogP contribution in [-0.2, 0) is 5.41 Å². The Morgan fingerprint density at radius 2 is 1.48 bits per heavy atom. The lowest BCUT2D eigenvalue weighted by atomic mass is 9.67. The fourth-order valence-electron chi connectivity index (χ4n) is 3.58. The molecule has 1 heterocycles. The summed E-state index contributed by atoms with van der Waals surface area (Å²) in [7, 11) is 0. The minimum atomic E-state index is -2.39. The average Bonchev–Trinajstić information content (AvgIpc) is 3.16. The third-order valence-electron chi connectivity index (χ3n) is 5.51. The number of esters is 1. The van der Waals surface area contributed by atoms with Crippen molar-refractivity contribution in [3.8, 4) is 17.0 Å². The van der Waals surface area contributed by atoms with Crippen molar-refractivity contribution in [3.05, 3.63) is 67.6 Å². The second-order valence-corrected chi connectivity index (χ2v) is 8.93. The molecule has 0 unspecified atom stereocenters. The van der Waals surface area contributed by atoms with E-state index in [0.29, 0.717) is 12.8 Å². The van der Waals surface area contributed by atoms with Gasteiger partial charge >= 0.3 is 5.97 Å². The molecule has 0 aliphatic heterocycles.